The largest absolute Gasteiger partial charge is 0.480 e. The van der Waals surface area contributed by atoms with Crippen molar-refractivity contribution in [3.63, 3.8) is 0 Å². The van der Waals surface area contributed by atoms with Crippen LogP contribution in [0.15, 0.2) is 12.7 Å². The number of carbonyl (C=O) groups is 3. The van der Waals surface area contributed by atoms with Gasteiger partial charge < -0.3 is 14.9 Å². The van der Waals surface area contributed by atoms with Crippen molar-refractivity contribution >= 4 is 17.8 Å². The highest BCUT2D eigenvalue weighted by Crippen LogP contribution is 2.21. The Labute approximate surface area is 119 Å². The maximum atomic E-state index is 12.5. The van der Waals surface area contributed by atoms with Crippen molar-refractivity contribution < 1.29 is 19.5 Å². The van der Waals surface area contributed by atoms with Gasteiger partial charge in [-0.1, -0.05) is 20.4 Å². The van der Waals surface area contributed by atoms with E-state index in [1.807, 2.05) is 0 Å². The van der Waals surface area contributed by atoms with Crippen LogP contribution in [0.5, 0.6) is 0 Å². The molecule has 0 aromatic carbocycles. The molecule has 112 valence electrons. The van der Waals surface area contributed by atoms with Gasteiger partial charge in [0.1, 0.15) is 12.1 Å². The molecule has 2 atom stereocenters. The zero-order valence-electron chi connectivity index (χ0n) is 12.2. The SMILES string of the molecule is C=CC(=O)N1CCC[C@@H]1C(=O)N(C)C(C(=O)O)C(C)C. The third kappa shape index (κ3) is 3.18. The molecule has 1 fully saturated rings. The third-order valence-corrected chi connectivity index (χ3v) is 3.64. The van der Waals surface area contributed by atoms with Gasteiger partial charge in [-0.05, 0) is 24.8 Å². The zero-order chi connectivity index (χ0) is 15.4. The first-order valence-corrected chi connectivity index (χ1v) is 6.73. The lowest BCUT2D eigenvalue weighted by atomic mass is 10.0. The van der Waals surface area contributed by atoms with Crippen molar-refractivity contribution in [2.45, 2.75) is 38.8 Å². The first kappa shape index (κ1) is 16.2. The van der Waals surface area contributed by atoms with Crippen molar-refractivity contribution in [3.8, 4) is 0 Å². The van der Waals surface area contributed by atoms with Gasteiger partial charge in [0, 0.05) is 13.6 Å². The van der Waals surface area contributed by atoms with E-state index in [1.165, 1.54) is 22.9 Å². The van der Waals surface area contributed by atoms with E-state index in [9.17, 15) is 19.5 Å². The van der Waals surface area contributed by atoms with E-state index in [0.29, 0.717) is 13.0 Å². The minimum atomic E-state index is -1.03. The fraction of sp³-hybridized carbons (Fsp3) is 0.643. The lowest BCUT2D eigenvalue weighted by Gasteiger charge is -2.32. The highest BCUT2D eigenvalue weighted by Gasteiger charge is 2.38. The molecule has 0 spiro atoms. The molecule has 1 heterocycles. The van der Waals surface area contributed by atoms with Gasteiger partial charge in [0.15, 0.2) is 0 Å². The Bertz CT molecular complexity index is 419. The molecule has 1 N–H and O–H groups in total. The van der Waals surface area contributed by atoms with E-state index in [0.717, 1.165) is 6.42 Å². The van der Waals surface area contributed by atoms with Gasteiger partial charge in [-0.15, -0.1) is 0 Å². The molecule has 1 rings (SSSR count). The summed E-state index contributed by atoms with van der Waals surface area (Å²) in [6, 6.07) is -1.46. The Hall–Kier alpha value is -1.85. The smallest absolute Gasteiger partial charge is 0.326 e. The average molecular weight is 282 g/mol. The number of carbonyl (C=O) groups excluding carboxylic acids is 2. The molecule has 20 heavy (non-hydrogen) atoms. The fourth-order valence-corrected chi connectivity index (χ4v) is 2.67. The van der Waals surface area contributed by atoms with E-state index in [4.69, 9.17) is 0 Å². The standard InChI is InChI=1S/C14H22N2O4/c1-5-11(17)16-8-6-7-10(16)13(18)15(4)12(9(2)3)14(19)20/h5,9-10,12H,1,6-8H2,2-4H3,(H,19,20)/t10-,12?/m1/s1. The van der Waals surface area contributed by atoms with Crippen LogP contribution in [-0.2, 0) is 14.4 Å². The monoisotopic (exact) mass is 282 g/mol. The van der Waals surface area contributed by atoms with E-state index < -0.39 is 18.1 Å². The van der Waals surface area contributed by atoms with Crippen molar-refractivity contribution in [1.29, 1.82) is 0 Å². The fourth-order valence-electron chi connectivity index (χ4n) is 2.67. The van der Waals surface area contributed by atoms with Gasteiger partial charge in [-0.3, -0.25) is 9.59 Å². The summed E-state index contributed by atoms with van der Waals surface area (Å²) in [7, 11) is 1.48. The Kier molecular flexibility index (Phi) is 5.30. The highest BCUT2D eigenvalue weighted by molar-refractivity contribution is 5.94. The summed E-state index contributed by atoms with van der Waals surface area (Å²) >= 11 is 0. The highest BCUT2D eigenvalue weighted by atomic mass is 16.4. The van der Waals surface area contributed by atoms with Crippen molar-refractivity contribution in [2.75, 3.05) is 13.6 Å². The van der Waals surface area contributed by atoms with Crippen LogP contribution in [0.2, 0.25) is 0 Å². The number of likely N-dealkylation sites (tertiary alicyclic amines) is 1. The van der Waals surface area contributed by atoms with Gasteiger partial charge in [0.25, 0.3) is 0 Å². The Morgan fingerprint density at radius 2 is 2.00 bits per heavy atom. The summed E-state index contributed by atoms with van der Waals surface area (Å²) < 4.78 is 0. The molecule has 0 bridgehead atoms. The Balaban J connectivity index is 2.90. The molecule has 0 radical (unpaired) electrons. The normalized spacial score (nSPS) is 19.8. The van der Waals surface area contributed by atoms with Crippen LogP contribution in [0.4, 0.5) is 0 Å². The number of hydrogen-bond donors (Lipinski definition) is 1. The number of hydrogen-bond acceptors (Lipinski definition) is 3. The van der Waals surface area contributed by atoms with E-state index in [-0.39, 0.29) is 17.7 Å². The number of carboxylic acids is 1. The Morgan fingerprint density at radius 3 is 2.45 bits per heavy atom. The second-order valence-electron chi connectivity index (χ2n) is 5.37. The van der Waals surface area contributed by atoms with Gasteiger partial charge in [-0.2, -0.15) is 0 Å². The van der Waals surface area contributed by atoms with E-state index >= 15 is 0 Å². The number of likely N-dealkylation sites (N-methyl/N-ethyl adjacent to an activating group) is 1. The van der Waals surface area contributed by atoms with Crippen LogP contribution >= 0.6 is 0 Å². The zero-order valence-corrected chi connectivity index (χ0v) is 12.2. The van der Waals surface area contributed by atoms with Gasteiger partial charge in [0.05, 0.1) is 0 Å². The lowest BCUT2D eigenvalue weighted by Crippen LogP contribution is -2.53. The van der Waals surface area contributed by atoms with Crippen LogP contribution in [0.3, 0.4) is 0 Å². The third-order valence-electron chi connectivity index (χ3n) is 3.64. The number of aliphatic carboxylic acids is 1. The maximum absolute atomic E-state index is 12.5. The molecule has 1 saturated heterocycles. The minimum absolute atomic E-state index is 0.202. The van der Waals surface area contributed by atoms with Crippen molar-refractivity contribution in [1.82, 2.24) is 9.80 Å². The van der Waals surface area contributed by atoms with Gasteiger partial charge in [0.2, 0.25) is 11.8 Å². The molecule has 0 aromatic heterocycles. The molecule has 6 heteroatoms. The van der Waals surface area contributed by atoms with Crippen molar-refractivity contribution in [3.05, 3.63) is 12.7 Å². The van der Waals surface area contributed by atoms with Crippen LogP contribution in [0.1, 0.15) is 26.7 Å². The summed E-state index contributed by atoms with van der Waals surface area (Å²) in [6.45, 7) is 7.44. The summed E-state index contributed by atoms with van der Waals surface area (Å²) in [5.74, 6) is -1.84. The first-order valence-electron chi connectivity index (χ1n) is 6.73. The van der Waals surface area contributed by atoms with Crippen LogP contribution < -0.4 is 0 Å². The van der Waals surface area contributed by atoms with Crippen LogP contribution in [0.25, 0.3) is 0 Å². The summed E-state index contributed by atoms with van der Waals surface area (Å²) in [5, 5.41) is 9.24. The maximum Gasteiger partial charge on any atom is 0.326 e. The van der Waals surface area contributed by atoms with E-state index in [2.05, 4.69) is 6.58 Å². The predicted octanol–water partition coefficient (Wildman–Crippen LogP) is 0.731. The number of rotatable bonds is 5. The predicted molar refractivity (Wildman–Crippen MR) is 74.0 cm³/mol. The number of nitrogens with zero attached hydrogens (tertiary/aromatic N) is 2. The van der Waals surface area contributed by atoms with Gasteiger partial charge in [-0.25, -0.2) is 4.79 Å². The lowest BCUT2D eigenvalue weighted by molar-refractivity contribution is -0.153. The Morgan fingerprint density at radius 1 is 1.40 bits per heavy atom. The number of amides is 2. The quantitative estimate of drug-likeness (QED) is 0.754. The van der Waals surface area contributed by atoms with Crippen LogP contribution in [0, 0.1) is 5.92 Å². The molecule has 2 amide bonds. The summed E-state index contributed by atoms with van der Waals surface area (Å²) in [4.78, 5) is 38.2. The van der Waals surface area contributed by atoms with Gasteiger partial charge >= 0.3 is 5.97 Å². The molecule has 1 aliphatic rings. The topological polar surface area (TPSA) is 77.9 Å². The molecular weight excluding hydrogens is 260 g/mol. The molecule has 0 aromatic rings. The average Bonchev–Trinajstić information content (AvgIpc) is 2.84. The van der Waals surface area contributed by atoms with Crippen molar-refractivity contribution in [2.24, 2.45) is 5.92 Å². The van der Waals surface area contributed by atoms with Crippen LogP contribution in [-0.4, -0.2) is 58.4 Å². The molecule has 0 aliphatic carbocycles. The second kappa shape index (κ2) is 6.54. The summed E-state index contributed by atoms with van der Waals surface area (Å²) in [5.41, 5.74) is 0. The molecule has 1 aliphatic heterocycles. The number of carboxylic acid groups (broad SMARTS) is 1. The molecule has 1 unspecified atom stereocenters. The first-order chi connectivity index (χ1) is 9.31. The summed E-state index contributed by atoms with van der Waals surface area (Å²) in [6.07, 6.45) is 2.49. The molecular formula is C14H22N2O4. The van der Waals surface area contributed by atoms with E-state index in [1.54, 1.807) is 13.8 Å². The second-order valence-corrected chi connectivity index (χ2v) is 5.37. The molecule has 0 saturated carbocycles. The minimum Gasteiger partial charge on any atom is -0.480 e. The molecule has 6 nitrogen and oxygen atoms in total.